The van der Waals surface area contributed by atoms with E-state index in [-0.39, 0.29) is 22.9 Å². The summed E-state index contributed by atoms with van der Waals surface area (Å²) >= 11 is 3.23. The van der Waals surface area contributed by atoms with Crippen LogP contribution in [0.4, 0.5) is 4.39 Å². The van der Waals surface area contributed by atoms with Crippen molar-refractivity contribution >= 4 is 26.0 Å². The van der Waals surface area contributed by atoms with Gasteiger partial charge in [0.1, 0.15) is 10.7 Å². The molecule has 0 radical (unpaired) electrons. The molecule has 1 saturated carbocycles. The lowest BCUT2D eigenvalue weighted by Crippen LogP contribution is -2.29. The minimum atomic E-state index is -3.84. The highest BCUT2D eigenvalue weighted by atomic mass is 79.9. The monoisotopic (exact) mass is 364 g/mol. The van der Waals surface area contributed by atoms with Gasteiger partial charge < -0.3 is 5.32 Å². The van der Waals surface area contributed by atoms with Crippen LogP contribution in [0.1, 0.15) is 25.8 Å². The van der Waals surface area contributed by atoms with Crippen LogP contribution in [0.15, 0.2) is 21.5 Å². The van der Waals surface area contributed by atoms with Crippen LogP contribution >= 0.6 is 15.9 Å². The van der Waals surface area contributed by atoms with E-state index in [9.17, 15) is 12.8 Å². The Kier molecular flexibility index (Phi) is 4.26. The average Bonchev–Trinajstić information content (AvgIpc) is 2.89. The zero-order chi connectivity index (χ0) is 15.1. The number of hydrogen-bond acceptors (Lipinski definition) is 3. The Labute approximate surface area is 127 Å². The summed E-state index contributed by atoms with van der Waals surface area (Å²) in [6.45, 7) is 4.22. The number of rotatable bonds is 5. The van der Waals surface area contributed by atoms with Gasteiger partial charge in [-0.1, -0.05) is 29.8 Å². The van der Waals surface area contributed by atoms with E-state index in [1.807, 2.05) is 13.8 Å². The van der Waals surface area contributed by atoms with E-state index in [1.165, 1.54) is 6.07 Å². The summed E-state index contributed by atoms with van der Waals surface area (Å²) in [5.74, 6) is -0.700. The Bertz CT molecular complexity index is 632. The molecule has 1 atom stereocenters. The molecule has 0 amide bonds. The lowest BCUT2D eigenvalue weighted by atomic mass is 10.2. The van der Waals surface area contributed by atoms with Gasteiger partial charge >= 0.3 is 0 Å². The summed E-state index contributed by atoms with van der Waals surface area (Å²) in [6, 6.07) is 2.75. The van der Waals surface area contributed by atoms with Crippen LogP contribution in [-0.4, -0.2) is 21.5 Å². The number of halogens is 2. The summed E-state index contributed by atoms with van der Waals surface area (Å²) in [5.41, 5.74) is 0.265. The van der Waals surface area contributed by atoms with Crippen molar-refractivity contribution in [3.8, 4) is 0 Å². The van der Waals surface area contributed by atoms with Crippen LogP contribution in [0.3, 0.4) is 0 Å². The second kappa shape index (κ2) is 5.36. The van der Waals surface area contributed by atoms with E-state index in [0.717, 1.165) is 6.42 Å². The first-order chi connectivity index (χ1) is 9.17. The fraction of sp³-hybridized carbons (Fsp3) is 0.538. The van der Waals surface area contributed by atoms with E-state index >= 15 is 0 Å². The quantitative estimate of drug-likeness (QED) is 0.843. The standard InChI is InChI=1S/C13H18BrFN2O2S/c1-13(2)6-11(13)17-20(18,19)10-5-9(14)4-8(7-16-3)12(10)15/h4-5,11,16-17H,6-7H2,1-3H3. The van der Waals surface area contributed by atoms with Gasteiger partial charge in [0.25, 0.3) is 0 Å². The van der Waals surface area contributed by atoms with Gasteiger partial charge in [0.05, 0.1) is 0 Å². The Morgan fingerprint density at radius 1 is 1.45 bits per heavy atom. The Morgan fingerprint density at radius 3 is 2.55 bits per heavy atom. The lowest BCUT2D eigenvalue weighted by Gasteiger charge is -2.12. The van der Waals surface area contributed by atoms with Gasteiger partial charge in [-0.2, -0.15) is 0 Å². The van der Waals surface area contributed by atoms with Crippen molar-refractivity contribution < 1.29 is 12.8 Å². The molecule has 1 unspecified atom stereocenters. The highest BCUT2D eigenvalue weighted by Gasteiger charge is 2.48. The molecule has 2 rings (SSSR count). The first-order valence-corrected chi connectivity index (χ1v) is 8.60. The number of hydrogen-bond donors (Lipinski definition) is 2. The van der Waals surface area contributed by atoms with Gasteiger partial charge in [-0.05, 0) is 31.0 Å². The van der Waals surface area contributed by atoms with E-state index in [1.54, 1.807) is 13.1 Å². The van der Waals surface area contributed by atoms with Crippen LogP contribution in [0.5, 0.6) is 0 Å². The van der Waals surface area contributed by atoms with Gasteiger partial charge in [-0.3, -0.25) is 0 Å². The van der Waals surface area contributed by atoms with E-state index in [2.05, 4.69) is 26.0 Å². The molecule has 0 heterocycles. The minimum Gasteiger partial charge on any atom is -0.316 e. The predicted molar refractivity (Wildman–Crippen MR) is 79.4 cm³/mol. The zero-order valence-electron chi connectivity index (χ0n) is 11.6. The molecule has 1 aliphatic carbocycles. The zero-order valence-corrected chi connectivity index (χ0v) is 14.0. The maximum absolute atomic E-state index is 14.3. The molecule has 0 saturated heterocycles. The molecule has 1 aliphatic rings. The van der Waals surface area contributed by atoms with Crippen LogP contribution < -0.4 is 10.0 Å². The summed E-state index contributed by atoms with van der Waals surface area (Å²) in [5, 5.41) is 2.82. The first-order valence-electron chi connectivity index (χ1n) is 6.32. The van der Waals surface area contributed by atoms with Crippen molar-refractivity contribution in [3.05, 3.63) is 28.0 Å². The average molecular weight is 365 g/mol. The first kappa shape index (κ1) is 15.9. The molecule has 20 heavy (non-hydrogen) atoms. The smallest absolute Gasteiger partial charge is 0.243 e. The summed E-state index contributed by atoms with van der Waals surface area (Å²) in [7, 11) is -2.16. The maximum atomic E-state index is 14.3. The molecule has 4 nitrogen and oxygen atoms in total. The van der Waals surface area contributed by atoms with Crippen molar-refractivity contribution in [1.29, 1.82) is 0 Å². The van der Waals surface area contributed by atoms with Crippen molar-refractivity contribution in [1.82, 2.24) is 10.0 Å². The largest absolute Gasteiger partial charge is 0.316 e. The topological polar surface area (TPSA) is 58.2 Å². The van der Waals surface area contributed by atoms with Gasteiger partial charge in [0.2, 0.25) is 10.0 Å². The Hall–Kier alpha value is -0.500. The fourth-order valence-corrected chi connectivity index (χ4v) is 4.26. The highest BCUT2D eigenvalue weighted by molar-refractivity contribution is 9.10. The maximum Gasteiger partial charge on any atom is 0.243 e. The fourth-order valence-electron chi connectivity index (χ4n) is 2.05. The number of nitrogens with one attached hydrogen (secondary N) is 2. The normalized spacial score (nSPS) is 20.9. The van der Waals surface area contributed by atoms with Crippen molar-refractivity contribution in [3.63, 3.8) is 0 Å². The van der Waals surface area contributed by atoms with E-state index in [4.69, 9.17) is 0 Å². The third kappa shape index (κ3) is 3.21. The molecule has 7 heteroatoms. The Balaban J connectivity index is 2.36. The third-order valence-corrected chi connectivity index (χ3v) is 5.48. The molecule has 1 aromatic rings. The van der Waals surface area contributed by atoms with Gasteiger partial charge in [0.15, 0.2) is 0 Å². The van der Waals surface area contributed by atoms with Crippen LogP contribution in [0.2, 0.25) is 0 Å². The van der Waals surface area contributed by atoms with E-state index < -0.39 is 15.8 Å². The molecule has 0 spiro atoms. The molecular weight excluding hydrogens is 347 g/mol. The number of sulfonamides is 1. The SMILES string of the molecule is CNCc1cc(Br)cc(S(=O)(=O)NC2CC2(C)C)c1F. The Morgan fingerprint density at radius 2 is 2.05 bits per heavy atom. The summed E-state index contributed by atoms with van der Waals surface area (Å²) < 4.78 is 42.0. The molecule has 112 valence electrons. The van der Waals surface area contributed by atoms with Gasteiger partial charge in [-0.25, -0.2) is 17.5 Å². The summed E-state index contributed by atoms with van der Waals surface area (Å²) in [4.78, 5) is -0.306. The van der Waals surface area contributed by atoms with E-state index in [0.29, 0.717) is 10.0 Å². The van der Waals surface area contributed by atoms with Gasteiger partial charge in [0, 0.05) is 22.6 Å². The highest BCUT2D eigenvalue weighted by Crippen LogP contribution is 2.45. The predicted octanol–water partition coefficient (Wildman–Crippen LogP) is 2.38. The number of benzene rings is 1. The van der Waals surface area contributed by atoms with Gasteiger partial charge in [-0.15, -0.1) is 0 Å². The second-order valence-corrected chi connectivity index (χ2v) is 8.37. The molecule has 0 bridgehead atoms. The van der Waals surface area contributed by atoms with Crippen LogP contribution in [0, 0.1) is 11.2 Å². The molecule has 2 N–H and O–H groups in total. The van der Waals surface area contributed by atoms with Crippen LogP contribution in [-0.2, 0) is 16.6 Å². The second-order valence-electron chi connectivity index (χ2n) is 5.77. The lowest BCUT2D eigenvalue weighted by molar-refractivity contribution is 0.534. The molecule has 0 aromatic heterocycles. The third-order valence-electron chi connectivity index (χ3n) is 3.55. The van der Waals surface area contributed by atoms with Crippen molar-refractivity contribution in [2.75, 3.05) is 7.05 Å². The van der Waals surface area contributed by atoms with Crippen molar-refractivity contribution in [2.24, 2.45) is 5.41 Å². The summed E-state index contributed by atoms with van der Waals surface area (Å²) in [6.07, 6.45) is 0.769. The molecule has 0 aliphatic heterocycles. The molecular formula is C13H18BrFN2O2S. The van der Waals surface area contributed by atoms with Crippen LogP contribution in [0.25, 0.3) is 0 Å². The molecule has 1 aromatic carbocycles. The molecule has 1 fully saturated rings. The minimum absolute atomic E-state index is 0.0522. The van der Waals surface area contributed by atoms with Crippen molar-refractivity contribution in [2.45, 2.75) is 37.8 Å².